The quantitative estimate of drug-likeness (QED) is 0.0275. The third-order valence-electron chi connectivity index (χ3n) is 14.3. The van der Waals surface area contributed by atoms with E-state index in [2.05, 4.69) is 96.4 Å². The summed E-state index contributed by atoms with van der Waals surface area (Å²) < 4.78 is 127. The zero-order valence-electron chi connectivity index (χ0n) is 48.5. The van der Waals surface area contributed by atoms with Crippen molar-refractivity contribution in [2.45, 2.75) is 142 Å². The maximum absolute atomic E-state index is 12.9. The highest BCUT2D eigenvalue weighted by atomic mass is 32.2. The summed E-state index contributed by atoms with van der Waals surface area (Å²) in [5.41, 5.74) is 8.51. The van der Waals surface area contributed by atoms with Crippen LogP contribution in [0.15, 0.2) is 120 Å². The molecule has 3 aromatic carbocycles. The van der Waals surface area contributed by atoms with E-state index in [1.54, 1.807) is 0 Å². The molecule has 0 saturated carbocycles. The molecule has 1 aliphatic carbocycles. The van der Waals surface area contributed by atoms with Gasteiger partial charge in [-0.05, 0) is 131 Å². The number of aliphatic carboxylic acids is 2. The second kappa shape index (κ2) is 36.5. The highest BCUT2D eigenvalue weighted by Gasteiger charge is 2.44. The number of Topliss-reactive ketones (excluding diaryl/α,β-unsaturated/α-hetero) is 1. The van der Waals surface area contributed by atoms with Crippen LogP contribution in [0.25, 0.3) is 0 Å². The molecule has 3 aliphatic rings. The van der Waals surface area contributed by atoms with E-state index < -0.39 is 82.0 Å². The van der Waals surface area contributed by atoms with Gasteiger partial charge in [-0.25, -0.2) is 18.0 Å². The number of unbranched alkanes of at least 4 members (excludes halogenated alkanes) is 2. The number of carbonyl (C=O) groups excluding carboxylic acids is 4. The van der Waals surface area contributed by atoms with Crippen molar-refractivity contribution < 1.29 is 99.5 Å². The largest absolute Gasteiger partial charge is 0.748 e. The van der Waals surface area contributed by atoms with Gasteiger partial charge in [0.25, 0.3) is 10.1 Å². The summed E-state index contributed by atoms with van der Waals surface area (Å²) in [6.45, 7) is 9.79. The van der Waals surface area contributed by atoms with Crippen molar-refractivity contribution in [2.24, 2.45) is 0 Å². The van der Waals surface area contributed by atoms with Gasteiger partial charge in [-0.1, -0.05) is 75.9 Å². The van der Waals surface area contributed by atoms with Crippen LogP contribution in [0.3, 0.4) is 0 Å². The van der Waals surface area contributed by atoms with Gasteiger partial charge in [0, 0.05) is 79.0 Å². The number of rotatable bonds is 28. The van der Waals surface area contributed by atoms with E-state index in [-0.39, 0.29) is 70.2 Å². The van der Waals surface area contributed by atoms with Crippen molar-refractivity contribution in [1.29, 1.82) is 0 Å². The number of nitrogens with one attached hydrogen (secondary N) is 2. The number of carboxylic acids is 2. The number of anilines is 1. The highest BCUT2D eigenvalue weighted by Crippen LogP contribution is 2.48. The van der Waals surface area contributed by atoms with Crippen LogP contribution in [-0.2, 0) is 82.7 Å². The summed E-state index contributed by atoms with van der Waals surface area (Å²) in [5, 5.41) is 23.2. The van der Waals surface area contributed by atoms with E-state index in [4.69, 9.17) is 44.7 Å². The molecule has 1 atom stereocenters. The lowest BCUT2D eigenvalue weighted by molar-refractivity contribution is -0.438. The number of fused-ring (bicyclic) bond motifs is 2. The van der Waals surface area contributed by atoms with Gasteiger partial charge in [0.15, 0.2) is 5.71 Å². The molecular formula is C59H76N4O21S4. The van der Waals surface area contributed by atoms with E-state index in [1.165, 1.54) is 0 Å². The standard InChI is InChI=1S/C57H72N4O13S2.CO2.CH4.2O3S/c1-56(2)45-20-5-7-22-48(45)60(36-9-11-38-75(68,69)70)50(56)33-27-41-17-14-18-42(28-34-51-57(3,4)46-21-6-8-23-49(46)61(51)37-10-12-39-76(71,72)73)53(41)74-44-30-25-40(26-31-44)16-13-19-43(62)29-32-47(54(65)66)59-55(67)58-35-15-24-52(63)64;2-1-3;;2*1-4(2)3/h5-8,20-23,25-28,30-31,33-34,47H,9-19,24,29,32,35-39H2,1-4H3,(H5-,58,59,63,64,65,66,67,68,69,70,71,72,73);;1H4;;/t47-;;;;/m0..../s1. The predicted octanol–water partition coefficient (Wildman–Crippen LogP) is 7.07. The van der Waals surface area contributed by atoms with Crippen LogP contribution in [0.2, 0.25) is 0 Å². The fraction of sp³-hybridized carbons (Fsp3) is 0.458. The number of aryl methyl sites for hydroxylation is 1. The van der Waals surface area contributed by atoms with Gasteiger partial charge in [-0.15, -0.1) is 25.3 Å². The van der Waals surface area contributed by atoms with Gasteiger partial charge in [0.1, 0.15) is 29.9 Å². The summed E-state index contributed by atoms with van der Waals surface area (Å²) in [7, 11) is -14.7. The normalized spacial score (nSPS) is 15.8. The maximum atomic E-state index is 12.9. The minimum atomic E-state index is -4.34. The number of carboxylic acid groups (broad SMARTS) is 2. The van der Waals surface area contributed by atoms with Gasteiger partial charge in [-0.3, -0.25) is 14.1 Å². The van der Waals surface area contributed by atoms with Gasteiger partial charge in [0.05, 0.1) is 21.3 Å². The predicted molar refractivity (Wildman–Crippen MR) is 322 cm³/mol. The Morgan fingerprint density at radius 2 is 1.36 bits per heavy atom. The maximum Gasteiger partial charge on any atom is 0.425 e. The third kappa shape index (κ3) is 25.9. The fourth-order valence-corrected chi connectivity index (χ4v) is 11.4. The number of hydrogen-bond acceptors (Lipinski definition) is 19. The molecule has 0 fully saturated rings. The number of amides is 2. The molecule has 0 aromatic heterocycles. The van der Waals surface area contributed by atoms with Crippen LogP contribution in [0.1, 0.15) is 135 Å². The zero-order chi connectivity index (χ0) is 65.1. The molecule has 0 bridgehead atoms. The molecule has 6 rings (SSSR count). The highest BCUT2D eigenvalue weighted by molar-refractivity contribution is 7.85. The van der Waals surface area contributed by atoms with Crippen molar-refractivity contribution in [3.8, 4) is 5.75 Å². The molecule has 2 heterocycles. The molecule has 482 valence electrons. The van der Waals surface area contributed by atoms with E-state index >= 15 is 0 Å². The minimum Gasteiger partial charge on any atom is -0.748 e. The smallest absolute Gasteiger partial charge is 0.425 e. The summed E-state index contributed by atoms with van der Waals surface area (Å²) in [5.74, 6) is -1.86. The van der Waals surface area contributed by atoms with Crippen molar-refractivity contribution in [3.05, 3.63) is 136 Å². The first-order valence-electron chi connectivity index (χ1n) is 27.5. The van der Waals surface area contributed by atoms with Crippen LogP contribution in [0.4, 0.5) is 16.2 Å². The van der Waals surface area contributed by atoms with Crippen molar-refractivity contribution >= 4 is 88.4 Å². The molecule has 29 heteroatoms. The molecule has 88 heavy (non-hydrogen) atoms. The zero-order valence-corrected chi connectivity index (χ0v) is 51.7. The summed E-state index contributed by atoms with van der Waals surface area (Å²) in [6.07, 6.45) is 13.8. The summed E-state index contributed by atoms with van der Waals surface area (Å²) >= 11 is 0. The van der Waals surface area contributed by atoms with Gasteiger partial charge in [0.2, 0.25) is 5.69 Å². The lowest BCUT2D eigenvalue weighted by Crippen LogP contribution is -2.46. The Kier molecular flexibility index (Phi) is 31.7. The third-order valence-corrected chi connectivity index (χ3v) is 15.8. The average molecular weight is 1310 g/mol. The molecule has 0 unspecified atom stereocenters. The van der Waals surface area contributed by atoms with E-state index in [1.807, 2.05) is 48.5 Å². The van der Waals surface area contributed by atoms with Crippen LogP contribution in [0.5, 0.6) is 5.75 Å². The molecule has 2 amide bonds. The summed E-state index contributed by atoms with van der Waals surface area (Å²) in [6, 6.07) is 22.0. The Labute approximate surface area is 516 Å². The Morgan fingerprint density at radius 3 is 1.97 bits per heavy atom. The number of nitrogens with zero attached hydrogens (tertiary/aromatic N) is 2. The first kappa shape index (κ1) is 76.3. The van der Waals surface area contributed by atoms with Crippen LogP contribution >= 0.6 is 0 Å². The molecular weight excluding hydrogens is 1230 g/mol. The fourth-order valence-electron chi connectivity index (χ4n) is 10.2. The molecule has 25 nitrogen and oxygen atoms in total. The second-order valence-corrected chi connectivity index (χ2v) is 25.1. The van der Waals surface area contributed by atoms with Gasteiger partial charge in [-0.2, -0.15) is 22.6 Å². The first-order chi connectivity index (χ1) is 40.8. The topological polar surface area (TPSA) is 396 Å². The van der Waals surface area contributed by atoms with Gasteiger partial charge >= 0.3 is 45.3 Å². The molecule has 3 aromatic rings. The SMILES string of the molecule is C.CC1(C)C(=CC=C2CCCC(C=CC3=[N+](CCCCS(=O)(=O)O)c4ccccc4C3(C)C)=C2Oc2ccc(CCCC(=O)CC[C@H](NC(=O)NCCCC(=O)O)C(=O)O)cc2)N(CCCCS(=O)(=O)[O-])c2ccccc21.O=C=O.O=S(=O)=O.O=S(=O)=O. The van der Waals surface area contributed by atoms with Crippen LogP contribution in [-0.4, -0.2) is 139 Å². The summed E-state index contributed by atoms with van der Waals surface area (Å²) in [4.78, 5) is 66.0. The number of ketones is 1. The van der Waals surface area contributed by atoms with E-state index in [0.29, 0.717) is 56.7 Å². The number of para-hydroxylation sites is 2. The first-order valence-corrected chi connectivity index (χ1v) is 32.6. The molecule has 0 radical (unpaired) electrons. The number of urea groups is 1. The lowest BCUT2D eigenvalue weighted by Gasteiger charge is -2.27. The lowest BCUT2D eigenvalue weighted by atomic mass is 9.81. The van der Waals surface area contributed by atoms with E-state index in [9.17, 15) is 50.2 Å². The number of hydrogen-bond donors (Lipinski definition) is 5. The number of allylic oxidation sites excluding steroid dienone is 7. The monoisotopic (exact) mass is 1300 g/mol. The number of ether oxygens (including phenoxy) is 1. The van der Waals surface area contributed by atoms with Crippen LogP contribution in [0, 0.1) is 0 Å². The molecule has 0 saturated heterocycles. The number of carbonyl (C=O) groups is 4. The van der Waals surface area contributed by atoms with Crippen molar-refractivity contribution in [3.63, 3.8) is 0 Å². The second-order valence-electron chi connectivity index (χ2n) is 21.2. The Hall–Kier alpha value is -7.79. The average Bonchev–Trinajstić information content (AvgIpc) is 3.46. The Bertz CT molecular complexity index is 3570. The Balaban J connectivity index is 0.00000203. The Morgan fingerprint density at radius 1 is 0.761 bits per heavy atom. The van der Waals surface area contributed by atoms with Crippen molar-refractivity contribution in [2.75, 3.05) is 36.0 Å². The van der Waals surface area contributed by atoms with Crippen LogP contribution < -0.4 is 20.3 Å². The minimum absolute atomic E-state index is 0. The van der Waals surface area contributed by atoms with Gasteiger partial charge < -0.3 is 35.0 Å². The molecule has 0 spiro atoms. The molecule has 5 N–H and O–H groups in total. The molecule has 2 aliphatic heterocycles. The van der Waals surface area contributed by atoms with Crippen molar-refractivity contribution in [1.82, 2.24) is 10.6 Å². The number of benzene rings is 3. The van der Waals surface area contributed by atoms with E-state index in [0.717, 1.165) is 69.9 Å².